The fourth-order valence-corrected chi connectivity index (χ4v) is 5.74. The highest BCUT2D eigenvalue weighted by atomic mass is 35.5. The topological polar surface area (TPSA) is 130 Å². The molecule has 260 valence electrons. The Morgan fingerprint density at radius 1 is 0.857 bits per heavy atom. The largest absolute Gasteiger partial charge is 0.480 e. The van der Waals surface area contributed by atoms with Crippen LogP contribution in [-0.4, -0.2) is 58.2 Å². The smallest absolute Gasteiger partial charge is 0.261 e. The number of H-pyrrole nitrogens is 2. The Bertz CT molecular complexity index is 2020. The average Bonchev–Trinajstić information content (AvgIpc) is 3.82. The van der Waals surface area contributed by atoms with E-state index < -0.39 is 6.10 Å². The van der Waals surface area contributed by atoms with E-state index in [0.717, 1.165) is 53.9 Å². The van der Waals surface area contributed by atoms with E-state index in [1.165, 1.54) is 11.1 Å². The highest BCUT2D eigenvalue weighted by molar-refractivity contribution is 6.34. The van der Waals surface area contributed by atoms with Gasteiger partial charge >= 0.3 is 0 Å². The number of halogens is 2. The Labute approximate surface area is 296 Å². The fourth-order valence-electron chi connectivity index (χ4n) is 5.41. The number of benzene rings is 2. The van der Waals surface area contributed by atoms with Crippen LogP contribution in [0.3, 0.4) is 0 Å². The first-order chi connectivity index (χ1) is 23.4. The van der Waals surface area contributed by atoms with Crippen LogP contribution in [0.4, 0.5) is 0 Å². The average molecular weight is 707 g/mol. The lowest BCUT2D eigenvalue weighted by molar-refractivity contribution is -0.128. The molecular weight excluding hydrogens is 661 g/mol. The van der Waals surface area contributed by atoms with Crippen LogP contribution < -0.4 is 10.1 Å². The highest BCUT2D eigenvalue weighted by Crippen LogP contribution is 2.25. The van der Waals surface area contributed by atoms with Gasteiger partial charge in [-0.15, -0.1) is 10.2 Å². The number of aromatic nitrogens is 8. The number of carbonyl (C=O) groups is 1. The predicted octanol–water partition coefficient (Wildman–Crippen LogP) is 8.27. The summed E-state index contributed by atoms with van der Waals surface area (Å²) >= 11 is 12.4. The molecule has 4 aromatic heterocycles. The molecule has 1 amide bonds. The number of aromatic amines is 2. The molecule has 0 fully saturated rings. The van der Waals surface area contributed by atoms with Crippen molar-refractivity contribution in [1.82, 2.24) is 44.9 Å². The standard InChI is InChI=1S/C24H34ClN5O2.C12H11ClN4/c1-6-7-8-9-10-20(32-19-12-11-15(2)13-16(19)3)24(31)26-14-17(4)22-27-23-21(25)18(5)28-30(23)29-22;1-7-3-5-9(6-4-7)11-14-12-10(13)8(2)15-17(12)16-11/h11-13,17,20,28H,6-10,14H2,1-5H3,(H,26,31);3-6,15H,1-2H3. The molecule has 0 spiro atoms. The molecule has 0 radical (unpaired) electrons. The molecule has 49 heavy (non-hydrogen) atoms. The fraction of sp³-hybridized carbons (Fsp3) is 0.417. The minimum absolute atomic E-state index is 0.0644. The lowest BCUT2D eigenvalue weighted by Gasteiger charge is -2.21. The zero-order valence-electron chi connectivity index (χ0n) is 29.2. The molecule has 6 aromatic rings. The molecule has 2 unspecified atom stereocenters. The van der Waals surface area contributed by atoms with E-state index in [2.05, 4.69) is 55.6 Å². The zero-order valence-corrected chi connectivity index (χ0v) is 30.7. The Morgan fingerprint density at radius 2 is 1.49 bits per heavy atom. The molecule has 0 aliphatic heterocycles. The maximum atomic E-state index is 13.0. The van der Waals surface area contributed by atoms with Crippen molar-refractivity contribution in [2.75, 3.05) is 6.54 Å². The second-order valence-corrected chi connectivity index (χ2v) is 13.5. The van der Waals surface area contributed by atoms with Crippen molar-refractivity contribution in [3.63, 3.8) is 0 Å². The zero-order chi connectivity index (χ0) is 35.2. The van der Waals surface area contributed by atoms with Gasteiger partial charge in [0, 0.05) is 18.0 Å². The summed E-state index contributed by atoms with van der Waals surface area (Å²) in [5.41, 5.74) is 7.37. The summed E-state index contributed by atoms with van der Waals surface area (Å²) in [5.74, 6) is 1.90. The van der Waals surface area contributed by atoms with Gasteiger partial charge in [-0.1, -0.05) is 104 Å². The number of rotatable bonds is 12. The van der Waals surface area contributed by atoms with E-state index in [-0.39, 0.29) is 11.8 Å². The molecule has 3 N–H and O–H groups in total. The molecular formula is C36H45Cl2N9O2. The molecule has 4 heterocycles. The number of aryl methyl sites for hydroxylation is 5. The van der Waals surface area contributed by atoms with Crippen LogP contribution in [0.25, 0.3) is 22.7 Å². The molecule has 13 heteroatoms. The first-order valence-corrected chi connectivity index (χ1v) is 17.5. The van der Waals surface area contributed by atoms with Crippen LogP contribution in [-0.2, 0) is 4.79 Å². The molecule has 2 aromatic carbocycles. The van der Waals surface area contributed by atoms with E-state index in [1.807, 2.05) is 71.0 Å². The lowest BCUT2D eigenvalue weighted by atomic mass is 10.1. The maximum Gasteiger partial charge on any atom is 0.261 e. The van der Waals surface area contributed by atoms with Gasteiger partial charge in [0.1, 0.15) is 15.8 Å². The van der Waals surface area contributed by atoms with Gasteiger partial charge in [0.15, 0.2) is 29.0 Å². The van der Waals surface area contributed by atoms with E-state index in [4.69, 9.17) is 27.9 Å². The molecule has 6 rings (SSSR count). The number of carbonyl (C=O) groups excluding carboxylic acids is 1. The molecule has 0 saturated carbocycles. The van der Waals surface area contributed by atoms with Crippen molar-refractivity contribution in [3.8, 4) is 17.1 Å². The number of ether oxygens (including phenoxy) is 1. The number of fused-ring (bicyclic) bond motifs is 2. The van der Waals surface area contributed by atoms with Gasteiger partial charge in [0.25, 0.3) is 5.91 Å². The first-order valence-electron chi connectivity index (χ1n) is 16.7. The van der Waals surface area contributed by atoms with Gasteiger partial charge in [-0.25, -0.2) is 9.97 Å². The van der Waals surface area contributed by atoms with E-state index in [0.29, 0.717) is 46.0 Å². The quantitative estimate of drug-likeness (QED) is 0.110. The minimum atomic E-state index is -0.526. The highest BCUT2D eigenvalue weighted by Gasteiger charge is 2.23. The Kier molecular flexibility index (Phi) is 11.7. The van der Waals surface area contributed by atoms with Crippen molar-refractivity contribution in [1.29, 1.82) is 0 Å². The molecule has 11 nitrogen and oxygen atoms in total. The van der Waals surface area contributed by atoms with Gasteiger partial charge in [0.05, 0.1) is 11.4 Å². The molecule has 0 aliphatic rings. The van der Waals surface area contributed by atoms with Crippen molar-refractivity contribution in [2.45, 2.75) is 92.6 Å². The summed E-state index contributed by atoms with van der Waals surface area (Å²) in [6.07, 6.45) is 4.53. The van der Waals surface area contributed by atoms with Gasteiger partial charge in [-0.2, -0.15) is 9.26 Å². The molecule has 0 aliphatic carbocycles. The number of nitrogens with zero attached hydrogens (tertiary/aromatic N) is 6. The van der Waals surface area contributed by atoms with Gasteiger partial charge in [-0.3, -0.25) is 15.0 Å². The van der Waals surface area contributed by atoms with Crippen molar-refractivity contribution >= 4 is 40.4 Å². The SMILES string of the molecule is CCCCCCC(Oc1ccc(C)cc1C)C(=O)NCC(C)c1nc2c(Cl)c(C)[nH]n2n1.Cc1ccc(-c2nc3c(Cl)c(C)[nH]n3n2)cc1. The number of hydrogen-bond acceptors (Lipinski definition) is 6. The molecule has 0 bridgehead atoms. The molecule has 2 atom stereocenters. The van der Waals surface area contributed by atoms with Gasteiger partial charge < -0.3 is 10.1 Å². The Morgan fingerprint density at radius 3 is 2.10 bits per heavy atom. The van der Waals surface area contributed by atoms with Crippen LogP contribution in [0.15, 0.2) is 42.5 Å². The van der Waals surface area contributed by atoms with Crippen molar-refractivity contribution in [2.24, 2.45) is 0 Å². The summed E-state index contributed by atoms with van der Waals surface area (Å²) in [6.45, 7) is 14.5. The summed E-state index contributed by atoms with van der Waals surface area (Å²) in [6, 6.07) is 14.1. The summed E-state index contributed by atoms with van der Waals surface area (Å²) in [5, 5.41) is 19.1. The van der Waals surface area contributed by atoms with Crippen LogP contribution in [0.2, 0.25) is 10.0 Å². The summed E-state index contributed by atoms with van der Waals surface area (Å²) in [4.78, 5) is 22.0. The van der Waals surface area contributed by atoms with E-state index >= 15 is 0 Å². The van der Waals surface area contributed by atoms with Crippen LogP contribution >= 0.6 is 23.2 Å². The van der Waals surface area contributed by atoms with Crippen molar-refractivity contribution < 1.29 is 9.53 Å². The third kappa shape index (κ3) is 8.63. The van der Waals surface area contributed by atoms with Gasteiger partial charge in [-0.05, 0) is 59.1 Å². The molecule has 0 saturated heterocycles. The van der Waals surface area contributed by atoms with Crippen LogP contribution in [0.5, 0.6) is 5.75 Å². The third-order valence-corrected chi connectivity index (χ3v) is 9.28. The van der Waals surface area contributed by atoms with E-state index in [1.54, 1.807) is 9.26 Å². The predicted molar refractivity (Wildman–Crippen MR) is 195 cm³/mol. The normalized spacial score (nSPS) is 12.6. The summed E-state index contributed by atoms with van der Waals surface area (Å²) < 4.78 is 9.35. The van der Waals surface area contributed by atoms with Crippen LogP contribution in [0, 0.1) is 34.6 Å². The first kappa shape index (κ1) is 35.9. The second-order valence-electron chi connectivity index (χ2n) is 12.7. The van der Waals surface area contributed by atoms with Gasteiger partial charge in [0.2, 0.25) is 0 Å². The van der Waals surface area contributed by atoms with Crippen molar-refractivity contribution in [3.05, 3.63) is 86.4 Å². The lowest BCUT2D eigenvalue weighted by Crippen LogP contribution is -2.40. The minimum Gasteiger partial charge on any atom is -0.480 e. The monoisotopic (exact) mass is 705 g/mol. The van der Waals surface area contributed by atoms with Crippen LogP contribution in [0.1, 0.15) is 85.8 Å². The third-order valence-electron chi connectivity index (χ3n) is 8.37. The second kappa shape index (κ2) is 15.9. The Hall–Kier alpha value is -4.35. The van der Waals surface area contributed by atoms with E-state index in [9.17, 15) is 4.79 Å². The maximum absolute atomic E-state index is 13.0. The number of amides is 1. The number of unbranched alkanes of at least 4 members (excludes halogenated alkanes) is 3. The number of nitrogens with one attached hydrogen (secondary N) is 3. The number of hydrogen-bond donors (Lipinski definition) is 3. The summed E-state index contributed by atoms with van der Waals surface area (Å²) in [7, 11) is 0. The Balaban J connectivity index is 0.000000229.